The van der Waals surface area contributed by atoms with Crippen molar-refractivity contribution in [3.8, 4) is 0 Å². The Labute approximate surface area is 55.9 Å². The molecule has 0 aromatic carbocycles. The molecule has 0 spiro atoms. The molecule has 0 aromatic rings. The molecule has 0 fully saturated rings. The van der Waals surface area contributed by atoms with Crippen molar-refractivity contribution < 1.29 is 24.3 Å². The first-order valence-electron chi connectivity index (χ1n) is 1.60. The van der Waals surface area contributed by atoms with Gasteiger partial charge in [0.15, 0.2) is 5.78 Å². The smallest absolute Gasteiger partial charge is 0.177 e. The Bertz CT molecular complexity index is 76.1. The summed E-state index contributed by atoms with van der Waals surface area (Å²) in [5.41, 5.74) is 0. The van der Waals surface area contributed by atoms with Gasteiger partial charge in [0.05, 0.1) is 0 Å². The second kappa shape index (κ2) is 5.77. The van der Waals surface area contributed by atoms with Crippen LogP contribution in [0.4, 0.5) is 0 Å². The molecular formula is C5H6ORu. The number of ketones is 1. The Balaban J connectivity index is 0. The van der Waals surface area contributed by atoms with Gasteiger partial charge in [-0.25, -0.2) is 0 Å². The van der Waals surface area contributed by atoms with Crippen molar-refractivity contribution in [2.24, 2.45) is 0 Å². The zero-order valence-corrected chi connectivity index (χ0v) is 5.57. The van der Waals surface area contributed by atoms with Crippen molar-refractivity contribution >= 4 is 5.78 Å². The van der Waals surface area contributed by atoms with Gasteiger partial charge in [-0.1, -0.05) is 13.2 Å². The third-order valence-electron chi connectivity index (χ3n) is 0.402. The summed E-state index contributed by atoms with van der Waals surface area (Å²) >= 11 is 0. The van der Waals surface area contributed by atoms with E-state index in [9.17, 15) is 4.79 Å². The van der Waals surface area contributed by atoms with E-state index >= 15 is 0 Å². The molecule has 0 saturated carbocycles. The van der Waals surface area contributed by atoms with Crippen LogP contribution < -0.4 is 0 Å². The van der Waals surface area contributed by atoms with Crippen LogP contribution in [0.25, 0.3) is 0 Å². The molecule has 0 atom stereocenters. The average molecular weight is 183 g/mol. The fraction of sp³-hybridized carbons (Fsp3) is 0. The van der Waals surface area contributed by atoms with E-state index in [1.165, 1.54) is 12.2 Å². The SMILES string of the molecule is C=CC(=O)C=C.[Ru]. The summed E-state index contributed by atoms with van der Waals surface area (Å²) in [6, 6.07) is 0. The van der Waals surface area contributed by atoms with Gasteiger partial charge >= 0.3 is 0 Å². The summed E-state index contributed by atoms with van der Waals surface area (Å²) in [5, 5.41) is 0. The second-order valence-electron chi connectivity index (χ2n) is 0.811. The van der Waals surface area contributed by atoms with Crippen LogP contribution in [0.15, 0.2) is 25.3 Å². The predicted octanol–water partition coefficient (Wildman–Crippen LogP) is 0.925. The first-order valence-corrected chi connectivity index (χ1v) is 1.60. The summed E-state index contributed by atoms with van der Waals surface area (Å²) in [4.78, 5) is 9.94. The topological polar surface area (TPSA) is 17.1 Å². The van der Waals surface area contributed by atoms with Crippen molar-refractivity contribution in [3.05, 3.63) is 25.3 Å². The van der Waals surface area contributed by atoms with Crippen LogP contribution in [0.2, 0.25) is 0 Å². The minimum absolute atomic E-state index is 0. The number of rotatable bonds is 2. The Morgan fingerprint density at radius 1 is 1.29 bits per heavy atom. The second-order valence-corrected chi connectivity index (χ2v) is 0.811. The van der Waals surface area contributed by atoms with Crippen LogP contribution in [0, 0.1) is 0 Å². The van der Waals surface area contributed by atoms with Gasteiger partial charge in [0.25, 0.3) is 0 Å². The number of hydrogen-bond donors (Lipinski definition) is 0. The third-order valence-corrected chi connectivity index (χ3v) is 0.402. The summed E-state index contributed by atoms with van der Waals surface area (Å²) in [5.74, 6) is -0.130. The first-order chi connectivity index (χ1) is 2.81. The van der Waals surface area contributed by atoms with Crippen LogP contribution in [0.5, 0.6) is 0 Å². The monoisotopic (exact) mass is 184 g/mol. The van der Waals surface area contributed by atoms with Crippen molar-refractivity contribution in [2.75, 3.05) is 0 Å². The van der Waals surface area contributed by atoms with E-state index in [0.717, 1.165) is 0 Å². The van der Waals surface area contributed by atoms with Crippen molar-refractivity contribution in [1.82, 2.24) is 0 Å². The van der Waals surface area contributed by atoms with E-state index in [2.05, 4.69) is 13.2 Å². The van der Waals surface area contributed by atoms with Gasteiger partial charge in [-0.15, -0.1) is 0 Å². The number of hydrogen-bond acceptors (Lipinski definition) is 1. The maximum absolute atomic E-state index is 9.94. The molecule has 0 aliphatic rings. The summed E-state index contributed by atoms with van der Waals surface area (Å²) in [6.07, 6.45) is 2.43. The molecule has 0 aromatic heterocycles. The molecule has 0 unspecified atom stereocenters. The van der Waals surface area contributed by atoms with Crippen molar-refractivity contribution in [1.29, 1.82) is 0 Å². The van der Waals surface area contributed by atoms with E-state index < -0.39 is 0 Å². The first kappa shape index (κ1) is 9.91. The molecule has 1 nitrogen and oxygen atoms in total. The largest absolute Gasteiger partial charge is 0.290 e. The van der Waals surface area contributed by atoms with Crippen molar-refractivity contribution in [3.63, 3.8) is 0 Å². The maximum Gasteiger partial charge on any atom is 0.177 e. The molecule has 0 bridgehead atoms. The van der Waals surface area contributed by atoms with E-state index in [1.807, 2.05) is 0 Å². The molecule has 0 N–H and O–H groups in total. The zero-order valence-electron chi connectivity index (χ0n) is 3.83. The molecule has 0 rings (SSSR count). The molecule has 0 heterocycles. The zero-order chi connectivity index (χ0) is 4.99. The minimum Gasteiger partial charge on any atom is -0.290 e. The Morgan fingerprint density at radius 3 is 1.57 bits per heavy atom. The van der Waals surface area contributed by atoms with Gasteiger partial charge in [0, 0.05) is 19.5 Å². The average Bonchev–Trinajstić information content (AvgIpc) is 1.65. The fourth-order valence-corrected chi connectivity index (χ4v) is 0.0833. The van der Waals surface area contributed by atoms with Crippen LogP contribution in [-0.4, -0.2) is 5.78 Å². The van der Waals surface area contributed by atoms with E-state index in [0.29, 0.717) is 0 Å². The Morgan fingerprint density at radius 2 is 1.57 bits per heavy atom. The number of carbonyl (C=O) groups is 1. The van der Waals surface area contributed by atoms with E-state index in [-0.39, 0.29) is 25.3 Å². The number of carbonyl (C=O) groups excluding carboxylic acids is 1. The number of allylic oxidation sites excluding steroid dienone is 2. The molecule has 0 aliphatic heterocycles. The quantitative estimate of drug-likeness (QED) is 0.459. The van der Waals surface area contributed by atoms with Gasteiger partial charge < -0.3 is 0 Å². The Kier molecular flexibility index (Phi) is 8.17. The standard InChI is InChI=1S/C5H6O.Ru/c1-3-5(6)4-2;/h3-4H,1-2H2;. The minimum atomic E-state index is -0.130. The van der Waals surface area contributed by atoms with E-state index in [4.69, 9.17) is 0 Å². The van der Waals surface area contributed by atoms with Crippen LogP contribution in [0.1, 0.15) is 0 Å². The summed E-state index contributed by atoms with van der Waals surface area (Å²) in [7, 11) is 0. The van der Waals surface area contributed by atoms with Gasteiger partial charge in [0.1, 0.15) is 0 Å². The van der Waals surface area contributed by atoms with Gasteiger partial charge in [-0.3, -0.25) is 4.79 Å². The Hall–Kier alpha value is -0.227. The predicted molar refractivity (Wildman–Crippen MR) is 25.4 cm³/mol. The molecule has 0 radical (unpaired) electrons. The molecular weight excluding hydrogens is 177 g/mol. The van der Waals surface area contributed by atoms with Gasteiger partial charge in [-0.05, 0) is 12.2 Å². The molecule has 2 heteroatoms. The third kappa shape index (κ3) is 5.77. The normalized spacial score (nSPS) is 5.71. The van der Waals surface area contributed by atoms with Crippen LogP contribution in [-0.2, 0) is 24.3 Å². The maximum atomic E-state index is 9.94. The molecule has 40 valence electrons. The molecule has 0 aliphatic carbocycles. The summed E-state index contributed by atoms with van der Waals surface area (Å²) in [6.45, 7) is 6.42. The molecule has 0 saturated heterocycles. The van der Waals surface area contributed by atoms with Gasteiger partial charge in [0.2, 0.25) is 0 Å². The summed E-state index contributed by atoms with van der Waals surface area (Å²) < 4.78 is 0. The fourth-order valence-electron chi connectivity index (χ4n) is 0.0833. The van der Waals surface area contributed by atoms with Crippen LogP contribution >= 0.6 is 0 Å². The molecule has 0 amide bonds. The van der Waals surface area contributed by atoms with E-state index in [1.54, 1.807) is 0 Å². The van der Waals surface area contributed by atoms with Crippen molar-refractivity contribution in [2.45, 2.75) is 0 Å². The van der Waals surface area contributed by atoms with Crippen LogP contribution in [0.3, 0.4) is 0 Å². The van der Waals surface area contributed by atoms with Gasteiger partial charge in [-0.2, -0.15) is 0 Å². The molecule has 7 heavy (non-hydrogen) atoms.